The Labute approximate surface area is 121 Å². The van der Waals surface area contributed by atoms with Gasteiger partial charge in [-0.15, -0.1) is 0 Å². The van der Waals surface area contributed by atoms with E-state index in [1.165, 1.54) is 0 Å². The Bertz CT molecular complexity index is 548. The summed E-state index contributed by atoms with van der Waals surface area (Å²) in [5.41, 5.74) is 0.854. The van der Waals surface area contributed by atoms with Crippen LogP contribution in [0.4, 0.5) is 0 Å². The van der Waals surface area contributed by atoms with Crippen LogP contribution in [0, 0.1) is 6.92 Å². The fourth-order valence-electron chi connectivity index (χ4n) is 2.49. The van der Waals surface area contributed by atoms with E-state index in [0.717, 1.165) is 43.4 Å². The molecule has 0 unspecified atom stereocenters. The Morgan fingerprint density at radius 3 is 2.60 bits per heavy atom. The molecule has 20 heavy (non-hydrogen) atoms. The number of benzene rings is 1. The molecule has 0 aromatic heterocycles. The molecule has 0 bridgehead atoms. The van der Waals surface area contributed by atoms with E-state index in [4.69, 9.17) is 4.74 Å². The largest absolute Gasteiger partial charge is 0.493 e. The standard InChI is InChI=1S/C15H23NO3S/c1-3-10-19-15-9-8-14(11-12(15)2)20(17,18)16-13-6-4-5-7-13/h8-9,11,13,16H,3-7,10H2,1-2H3. The molecule has 1 N–H and O–H groups in total. The number of aryl methyl sites for hydroxylation is 1. The van der Waals surface area contributed by atoms with E-state index < -0.39 is 10.0 Å². The van der Waals surface area contributed by atoms with Gasteiger partial charge in [0.2, 0.25) is 10.0 Å². The van der Waals surface area contributed by atoms with Gasteiger partial charge in [0.1, 0.15) is 5.75 Å². The zero-order valence-electron chi connectivity index (χ0n) is 12.2. The molecule has 1 aliphatic rings. The number of hydrogen-bond donors (Lipinski definition) is 1. The van der Waals surface area contributed by atoms with E-state index >= 15 is 0 Å². The van der Waals surface area contributed by atoms with Crippen molar-refractivity contribution in [3.8, 4) is 5.75 Å². The van der Waals surface area contributed by atoms with E-state index in [9.17, 15) is 8.42 Å². The van der Waals surface area contributed by atoms with Gasteiger partial charge in [0.25, 0.3) is 0 Å². The zero-order valence-corrected chi connectivity index (χ0v) is 13.0. The van der Waals surface area contributed by atoms with Gasteiger partial charge in [0.15, 0.2) is 0 Å². The molecule has 1 aromatic rings. The molecule has 0 amide bonds. The van der Waals surface area contributed by atoms with Crippen LogP contribution in [0.3, 0.4) is 0 Å². The van der Waals surface area contributed by atoms with E-state index in [2.05, 4.69) is 4.72 Å². The van der Waals surface area contributed by atoms with Crippen molar-refractivity contribution < 1.29 is 13.2 Å². The fourth-order valence-corrected chi connectivity index (χ4v) is 3.88. The van der Waals surface area contributed by atoms with Crippen LogP contribution in [0.2, 0.25) is 0 Å². The number of nitrogens with one attached hydrogen (secondary N) is 1. The van der Waals surface area contributed by atoms with Crippen molar-refractivity contribution in [1.29, 1.82) is 0 Å². The summed E-state index contributed by atoms with van der Waals surface area (Å²) in [7, 11) is -3.41. The molecule has 0 atom stereocenters. The van der Waals surface area contributed by atoms with Crippen LogP contribution in [0.5, 0.6) is 5.75 Å². The van der Waals surface area contributed by atoms with Crippen molar-refractivity contribution in [1.82, 2.24) is 4.72 Å². The summed E-state index contributed by atoms with van der Waals surface area (Å²) in [5, 5.41) is 0. The first-order chi connectivity index (χ1) is 9.53. The van der Waals surface area contributed by atoms with Crippen LogP contribution in [0.15, 0.2) is 23.1 Å². The lowest BCUT2D eigenvalue weighted by Gasteiger charge is -2.14. The van der Waals surface area contributed by atoms with Crippen molar-refractivity contribution in [2.75, 3.05) is 6.61 Å². The normalized spacial score (nSPS) is 16.5. The molecule has 1 aliphatic carbocycles. The predicted octanol–water partition coefficient (Wildman–Crippen LogP) is 3.00. The quantitative estimate of drug-likeness (QED) is 0.878. The maximum atomic E-state index is 12.3. The lowest BCUT2D eigenvalue weighted by molar-refractivity contribution is 0.315. The molecule has 1 aromatic carbocycles. The maximum Gasteiger partial charge on any atom is 0.240 e. The van der Waals surface area contributed by atoms with Crippen molar-refractivity contribution in [2.24, 2.45) is 0 Å². The fraction of sp³-hybridized carbons (Fsp3) is 0.600. The van der Waals surface area contributed by atoms with E-state index in [-0.39, 0.29) is 6.04 Å². The highest BCUT2D eigenvalue weighted by molar-refractivity contribution is 7.89. The van der Waals surface area contributed by atoms with Crippen molar-refractivity contribution in [3.05, 3.63) is 23.8 Å². The topological polar surface area (TPSA) is 55.4 Å². The number of rotatable bonds is 6. The van der Waals surface area contributed by atoms with Crippen LogP contribution in [-0.2, 0) is 10.0 Å². The molecule has 1 saturated carbocycles. The second-order valence-electron chi connectivity index (χ2n) is 5.38. The van der Waals surface area contributed by atoms with Gasteiger partial charge in [-0.05, 0) is 49.9 Å². The Balaban J connectivity index is 2.13. The monoisotopic (exact) mass is 297 g/mol. The molecule has 5 heteroatoms. The van der Waals surface area contributed by atoms with Gasteiger partial charge in [0, 0.05) is 6.04 Å². The average Bonchev–Trinajstić information content (AvgIpc) is 2.89. The van der Waals surface area contributed by atoms with Gasteiger partial charge in [-0.2, -0.15) is 0 Å². The highest BCUT2D eigenvalue weighted by atomic mass is 32.2. The van der Waals surface area contributed by atoms with Gasteiger partial charge >= 0.3 is 0 Å². The lowest BCUT2D eigenvalue weighted by atomic mass is 10.2. The molecule has 4 nitrogen and oxygen atoms in total. The maximum absolute atomic E-state index is 12.3. The van der Waals surface area contributed by atoms with Crippen LogP contribution in [0.1, 0.15) is 44.6 Å². The summed E-state index contributed by atoms with van der Waals surface area (Å²) in [6, 6.07) is 5.14. The first-order valence-electron chi connectivity index (χ1n) is 7.28. The highest BCUT2D eigenvalue weighted by Crippen LogP contribution is 2.24. The molecular formula is C15H23NO3S. The molecule has 1 fully saturated rings. The molecular weight excluding hydrogens is 274 g/mol. The third kappa shape index (κ3) is 3.73. The summed E-state index contributed by atoms with van der Waals surface area (Å²) < 4.78 is 33.0. The second-order valence-corrected chi connectivity index (χ2v) is 7.09. The minimum Gasteiger partial charge on any atom is -0.493 e. The van der Waals surface area contributed by atoms with Gasteiger partial charge in [-0.1, -0.05) is 19.8 Å². The van der Waals surface area contributed by atoms with Crippen LogP contribution < -0.4 is 9.46 Å². The van der Waals surface area contributed by atoms with Gasteiger partial charge in [-0.25, -0.2) is 13.1 Å². The summed E-state index contributed by atoms with van der Waals surface area (Å²) in [6.45, 7) is 4.56. The Morgan fingerprint density at radius 1 is 1.30 bits per heavy atom. The number of hydrogen-bond acceptors (Lipinski definition) is 3. The van der Waals surface area contributed by atoms with Crippen LogP contribution in [-0.4, -0.2) is 21.1 Å². The summed E-state index contributed by atoms with van der Waals surface area (Å²) in [6.07, 6.45) is 5.03. The first kappa shape index (κ1) is 15.3. The van der Waals surface area contributed by atoms with E-state index in [1.54, 1.807) is 18.2 Å². The summed E-state index contributed by atoms with van der Waals surface area (Å²) in [4.78, 5) is 0.325. The first-order valence-corrected chi connectivity index (χ1v) is 8.77. The van der Waals surface area contributed by atoms with Crippen molar-refractivity contribution >= 4 is 10.0 Å². The SMILES string of the molecule is CCCOc1ccc(S(=O)(=O)NC2CCCC2)cc1C. The lowest BCUT2D eigenvalue weighted by Crippen LogP contribution is -2.32. The Kier molecular flexibility index (Phi) is 5.05. The Morgan fingerprint density at radius 2 is 2.00 bits per heavy atom. The van der Waals surface area contributed by atoms with E-state index in [1.807, 2.05) is 13.8 Å². The molecule has 0 spiro atoms. The number of sulfonamides is 1. The zero-order chi connectivity index (χ0) is 14.6. The van der Waals surface area contributed by atoms with Gasteiger partial charge in [-0.3, -0.25) is 0 Å². The minimum atomic E-state index is -3.41. The van der Waals surface area contributed by atoms with E-state index in [0.29, 0.717) is 11.5 Å². The molecule has 0 radical (unpaired) electrons. The molecule has 0 saturated heterocycles. The summed E-state index contributed by atoms with van der Waals surface area (Å²) >= 11 is 0. The minimum absolute atomic E-state index is 0.0938. The highest BCUT2D eigenvalue weighted by Gasteiger charge is 2.23. The second kappa shape index (κ2) is 6.59. The van der Waals surface area contributed by atoms with Crippen molar-refractivity contribution in [2.45, 2.75) is 56.9 Å². The molecule has 0 heterocycles. The van der Waals surface area contributed by atoms with Gasteiger partial charge < -0.3 is 4.74 Å². The summed E-state index contributed by atoms with van der Waals surface area (Å²) in [5.74, 6) is 0.756. The van der Waals surface area contributed by atoms with Gasteiger partial charge in [0.05, 0.1) is 11.5 Å². The third-order valence-corrected chi connectivity index (χ3v) is 5.11. The van der Waals surface area contributed by atoms with Crippen LogP contribution >= 0.6 is 0 Å². The average molecular weight is 297 g/mol. The van der Waals surface area contributed by atoms with Crippen LogP contribution in [0.25, 0.3) is 0 Å². The number of ether oxygens (including phenoxy) is 1. The molecule has 112 valence electrons. The Hall–Kier alpha value is -1.07. The smallest absolute Gasteiger partial charge is 0.240 e. The molecule has 2 rings (SSSR count). The third-order valence-electron chi connectivity index (χ3n) is 3.60. The molecule has 0 aliphatic heterocycles. The van der Waals surface area contributed by atoms with Crippen molar-refractivity contribution in [3.63, 3.8) is 0 Å². The predicted molar refractivity (Wildman–Crippen MR) is 79.5 cm³/mol.